The van der Waals surface area contributed by atoms with Gasteiger partial charge in [0.15, 0.2) is 6.10 Å². The van der Waals surface area contributed by atoms with Gasteiger partial charge in [-0.3, -0.25) is 9.89 Å². The van der Waals surface area contributed by atoms with Crippen molar-refractivity contribution in [3.63, 3.8) is 0 Å². The molecule has 4 rings (SSSR count). The molecule has 1 aromatic heterocycles. The minimum Gasteiger partial charge on any atom is -0.497 e. The van der Waals surface area contributed by atoms with Crippen LogP contribution in [0.3, 0.4) is 0 Å². The number of halogens is 1. The standard InChI is InChI=1S/C20H18FN3O3/c1-26-17-8-15(21)9-18(10-17)27-19-6-7-24(20(19)25)16-4-2-13(3-5-16)14-11-22-23-12-14/h2-5,8-12,19H,6-7H2,1H3,(H,22,23). The van der Waals surface area contributed by atoms with Crippen LogP contribution in [0.2, 0.25) is 0 Å². The number of hydrogen-bond donors (Lipinski definition) is 1. The Balaban J connectivity index is 1.48. The van der Waals surface area contributed by atoms with E-state index in [2.05, 4.69) is 10.2 Å². The van der Waals surface area contributed by atoms with Gasteiger partial charge in [0, 0.05) is 48.6 Å². The second kappa shape index (κ2) is 7.11. The van der Waals surface area contributed by atoms with Crippen molar-refractivity contribution in [3.8, 4) is 22.6 Å². The Labute approximate surface area is 155 Å². The number of amides is 1. The molecule has 0 aliphatic carbocycles. The Bertz CT molecular complexity index is 942. The summed E-state index contributed by atoms with van der Waals surface area (Å²) < 4.78 is 24.4. The molecule has 0 spiro atoms. The quantitative estimate of drug-likeness (QED) is 0.750. The summed E-state index contributed by atoms with van der Waals surface area (Å²) in [5.41, 5.74) is 2.80. The van der Waals surface area contributed by atoms with Crippen LogP contribution in [-0.2, 0) is 4.79 Å². The van der Waals surface area contributed by atoms with Crippen LogP contribution in [0.5, 0.6) is 11.5 Å². The molecule has 138 valence electrons. The molecule has 0 saturated carbocycles. The van der Waals surface area contributed by atoms with Crippen molar-refractivity contribution >= 4 is 11.6 Å². The Morgan fingerprint density at radius 2 is 1.93 bits per heavy atom. The maximum absolute atomic E-state index is 13.6. The molecule has 7 heteroatoms. The topological polar surface area (TPSA) is 67.5 Å². The van der Waals surface area contributed by atoms with Crippen LogP contribution in [0, 0.1) is 5.82 Å². The molecule has 2 heterocycles. The highest BCUT2D eigenvalue weighted by molar-refractivity contribution is 5.99. The Kier molecular flexibility index (Phi) is 4.50. The molecule has 27 heavy (non-hydrogen) atoms. The highest BCUT2D eigenvalue weighted by Gasteiger charge is 2.34. The van der Waals surface area contributed by atoms with E-state index in [1.807, 2.05) is 30.5 Å². The molecule has 1 aliphatic heterocycles. The Morgan fingerprint density at radius 3 is 2.63 bits per heavy atom. The number of H-pyrrole nitrogens is 1. The third-order valence-electron chi connectivity index (χ3n) is 4.53. The van der Waals surface area contributed by atoms with Gasteiger partial charge in [0.05, 0.1) is 13.3 Å². The summed E-state index contributed by atoms with van der Waals surface area (Å²) in [4.78, 5) is 14.4. The monoisotopic (exact) mass is 367 g/mol. The summed E-state index contributed by atoms with van der Waals surface area (Å²) in [5.74, 6) is 0.0141. The normalized spacial score (nSPS) is 16.6. The van der Waals surface area contributed by atoms with Crippen molar-refractivity contribution in [1.82, 2.24) is 10.2 Å². The van der Waals surface area contributed by atoms with Crippen molar-refractivity contribution in [3.05, 3.63) is 60.7 Å². The predicted octanol–water partition coefficient (Wildman–Crippen LogP) is 3.41. The van der Waals surface area contributed by atoms with Gasteiger partial charge in [0.25, 0.3) is 5.91 Å². The number of nitrogens with zero attached hydrogens (tertiary/aromatic N) is 2. The third-order valence-corrected chi connectivity index (χ3v) is 4.53. The summed E-state index contributed by atoms with van der Waals surface area (Å²) in [6.07, 6.45) is 3.44. The van der Waals surface area contributed by atoms with Gasteiger partial charge in [0.2, 0.25) is 0 Å². The zero-order chi connectivity index (χ0) is 18.8. The lowest BCUT2D eigenvalue weighted by Crippen LogP contribution is -2.32. The van der Waals surface area contributed by atoms with Crippen molar-refractivity contribution in [2.24, 2.45) is 0 Å². The summed E-state index contributed by atoms with van der Waals surface area (Å²) in [5, 5.41) is 6.72. The van der Waals surface area contributed by atoms with E-state index >= 15 is 0 Å². The zero-order valence-corrected chi connectivity index (χ0v) is 14.7. The molecule has 3 aromatic rings. The Morgan fingerprint density at radius 1 is 1.15 bits per heavy atom. The molecule has 1 saturated heterocycles. The number of ether oxygens (including phenoxy) is 2. The summed E-state index contributed by atoms with van der Waals surface area (Å²) in [7, 11) is 1.45. The molecular weight excluding hydrogens is 349 g/mol. The first-order valence-electron chi connectivity index (χ1n) is 8.56. The molecule has 1 unspecified atom stereocenters. The zero-order valence-electron chi connectivity index (χ0n) is 14.7. The predicted molar refractivity (Wildman–Crippen MR) is 98.4 cm³/mol. The highest BCUT2D eigenvalue weighted by atomic mass is 19.1. The number of anilines is 1. The van der Waals surface area contributed by atoms with E-state index in [4.69, 9.17) is 9.47 Å². The maximum atomic E-state index is 13.6. The van der Waals surface area contributed by atoms with Gasteiger partial charge >= 0.3 is 0 Å². The second-order valence-electron chi connectivity index (χ2n) is 6.25. The summed E-state index contributed by atoms with van der Waals surface area (Å²) >= 11 is 0. The minimum absolute atomic E-state index is 0.144. The fraction of sp³-hybridized carbons (Fsp3) is 0.200. The molecule has 1 N–H and O–H groups in total. The fourth-order valence-corrected chi connectivity index (χ4v) is 3.15. The summed E-state index contributed by atoms with van der Waals surface area (Å²) in [6.45, 7) is 0.543. The van der Waals surface area contributed by atoms with E-state index in [9.17, 15) is 9.18 Å². The molecule has 0 radical (unpaired) electrons. The molecule has 1 aliphatic rings. The van der Waals surface area contributed by atoms with E-state index in [0.29, 0.717) is 18.7 Å². The van der Waals surface area contributed by atoms with Gasteiger partial charge < -0.3 is 14.4 Å². The van der Waals surface area contributed by atoms with Crippen LogP contribution in [0.4, 0.5) is 10.1 Å². The fourth-order valence-electron chi connectivity index (χ4n) is 3.15. The third kappa shape index (κ3) is 3.48. The van der Waals surface area contributed by atoms with E-state index < -0.39 is 11.9 Å². The number of benzene rings is 2. The molecule has 1 atom stereocenters. The van der Waals surface area contributed by atoms with E-state index in [0.717, 1.165) is 16.8 Å². The smallest absolute Gasteiger partial charge is 0.268 e. The first-order valence-corrected chi connectivity index (χ1v) is 8.56. The first kappa shape index (κ1) is 17.1. The van der Waals surface area contributed by atoms with Gasteiger partial charge in [-0.25, -0.2) is 4.39 Å². The Hall–Kier alpha value is -3.35. The number of carbonyl (C=O) groups is 1. The lowest BCUT2D eigenvalue weighted by atomic mass is 10.1. The van der Waals surface area contributed by atoms with Crippen LogP contribution in [-0.4, -0.2) is 35.9 Å². The minimum atomic E-state index is -0.648. The number of aromatic nitrogens is 2. The molecule has 1 amide bonds. The molecule has 6 nitrogen and oxygen atoms in total. The van der Waals surface area contributed by atoms with E-state index in [-0.39, 0.29) is 11.7 Å². The van der Waals surface area contributed by atoms with Crippen LogP contribution in [0.25, 0.3) is 11.1 Å². The van der Waals surface area contributed by atoms with Gasteiger partial charge in [-0.2, -0.15) is 5.10 Å². The number of rotatable bonds is 5. The molecule has 2 aromatic carbocycles. The van der Waals surface area contributed by atoms with Crippen molar-refractivity contribution in [2.45, 2.75) is 12.5 Å². The number of nitrogens with one attached hydrogen (secondary N) is 1. The number of carbonyl (C=O) groups excluding carboxylic acids is 1. The highest BCUT2D eigenvalue weighted by Crippen LogP contribution is 2.29. The van der Waals surface area contributed by atoms with Crippen LogP contribution < -0.4 is 14.4 Å². The van der Waals surface area contributed by atoms with Crippen molar-refractivity contribution in [2.75, 3.05) is 18.6 Å². The van der Waals surface area contributed by atoms with Crippen LogP contribution >= 0.6 is 0 Å². The van der Waals surface area contributed by atoms with E-state index in [1.54, 1.807) is 17.2 Å². The number of hydrogen-bond acceptors (Lipinski definition) is 4. The van der Waals surface area contributed by atoms with Gasteiger partial charge in [0.1, 0.15) is 17.3 Å². The molecular formula is C20H18FN3O3. The lowest BCUT2D eigenvalue weighted by molar-refractivity contribution is -0.122. The number of methoxy groups -OCH3 is 1. The largest absolute Gasteiger partial charge is 0.497 e. The molecule has 0 bridgehead atoms. The van der Waals surface area contributed by atoms with Gasteiger partial charge in [-0.15, -0.1) is 0 Å². The van der Waals surface area contributed by atoms with Gasteiger partial charge in [-0.05, 0) is 17.7 Å². The average molecular weight is 367 g/mol. The molecule has 1 fully saturated rings. The van der Waals surface area contributed by atoms with Crippen molar-refractivity contribution < 1.29 is 18.7 Å². The second-order valence-corrected chi connectivity index (χ2v) is 6.25. The first-order chi connectivity index (χ1) is 13.1. The maximum Gasteiger partial charge on any atom is 0.268 e. The SMILES string of the molecule is COc1cc(F)cc(OC2CCN(c3ccc(-c4cn[nH]c4)cc3)C2=O)c1. The van der Waals surface area contributed by atoms with Gasteiger partial charge in [-0.1, -0.05) is 12.1 Å². The number of aromatic amines is 1. The average Bonchev–Trinajstić information content (AvgIpc) is 3.32. The van der Waals surface area contributed by atoms with Crippen molar-refractivity contribution in [1.29, 1.82) is 0 Å². The van der Waals surface area contributed by atoms with Crippen LogP contribution in [0.1, 0.15) is 6.42 Å². The van der Waals surface area contributed by atoms with E-state index in [1.165, 1.54) is 19.2 Å². The lowest BCUT2D eigenvalue weighted by Gasteiger charge is -2.18. The summed E-state index contributed by atoms with van der Waals surface area (Å²) in [6, 6.07) is 11.8. The van der Waals surface area contributed by atoms with Crippen LogP contribution in [0.15, 0.2) is 54.9 Å².